The van der Waals surface area contributed by atoms with Gasteiger partial charge in [-0.1, -0.05) is 6.07 Å². The van der Waals surface area contributed by atoms with Crippen molar-refractivity contribution >= 4 is 6.09 Å². The fourth-order valence-corrected chi connectivity index (χ4v) is 3.89. The van der Waals surface area contributed by atoms with Crippen molar-refractivity contribution in [3.8, 4) is 0 Å². The molecule has 0 aliphatic carbocycles. The lowest BCUT2D eigenvalue weighted by atomic mass is 9.90. The standard InChI is InChI=1S/C19H25F5N2O3/c1-18(2,3)26(17(27)28)15-9-25(16(10-29-4)19(22,23)24)8-12(15)11-5-6-13(20)14(21)7-11/h5-7,12,15-16H,8-10H2,1-4H3,(H,27,28)/t12-,15+,16-/m0/s1. The molecule has 1 aromatic rings. The maximum atomic E-state index is 13.8. The molecule has 3 atom stereocenters. The van der Waals surface area contributed by atoms with Crippen molar-refractivity contribution in [3.63, 3.8) is 0 Å². The van der Waals surface area contributed by atoms with Gasteiger partial charge < -0.3 is 9.84 Å². The number of hydrogen-bond donors (Lipinski definition) is 1. The first-order chi connectivity index (χ1) is 13.3. The summed E-state index contributed by atoms with van der Waals surface area (Å²) in [6.07, 6.45) is -5.90. The molecule has 1 aliphatic heterocycles. The van der Waals surface area contributed by atoms with Crippen LogP contribution in [0.2, 0.25) is 0 Å². The van der Waals surface area contributed by atoms with Crippen LogP contribution in [0.1, 0.15) is 32.3 Å². The Labute approximate surface area is 166 Å². The van der Waals surface area contributed by atoms with Gasteiger partial charge in [0.1, 0.15) is 6.04 Å². The third-order valence-electron chi connectivity index (χ3n) is 5.09. The van der Waals surface area contributed by atoms with Gasteiger partial charge in [-0.15, -0.1) is 0 Å². The normalized spacial score (nSPS) is 22.0. The molecule has 0 aromatic heterocycles. The highest BCUT2D eigenvalue weighted by molar-refractivity contribution is 5.67. The van der Waals surface area contributed by atoms with E-state index in [0.29, 0.717) is 0 Å². The number of methoxy groups -OCH3 is 1. The molecule has 1 heterocycles. The van der Waals surface area contributed by atoms with Gasteiger partial charge in [-0.25, -0.2) is 13.6 Å². The lowest BCUT2D eigenvalue weighted by Gasteiger charge is -2.40. The molecule has 1 fully saturated rings. The number of rotatable bonds is 5. The van der Waals surface area contributed by atoms with Crippen LogP contribution in [0.3, 0.4) is 0 Å². The van der Waals surface area contributed by atoms with Crippen molar-refractivity contribution in [1.29, 1.82) is 0 Å². The zero-order chi connectivity index (χ0) is 22.1. The van der Waals surface area contributed by atoms with Crippen LogP contribution in [0, 0.1) is 11.6 Å². The molecule has 1 amide bonds. The number of benzene rings is 1. The van der Waals surface area contributed by atoms with Crippen LogP contribution in [0.25, 0.3) is 0 Å². The summed E-state index contributed by atoms with van der Waals surface area (Å²) in [5, 5.41) is 9.75. The van der Waals surface area contributed by atoms with E-state index in [1.165, 1.54) is 6.07 Å². The molecule has 0 radical (unpaired) electrons. The largest absolute Gasteiger partial charge is 0.465 e. The Hall–Kier alpha value is -1.94. The van der Waals surface area contributed by atoms with Gasteiger partial charge >= 0.3 is 12.3 Å². The number of hydrogen-bond acceptors (Lipinski definition) is 3. The van der Waals surface area contributed by atoms with E-state index in [9.17, 15) is 31.9 Å². The Bertz CT molecular complexity index is 736. The summed E-state index contributed by atoms with van der Waals surface area (Å²) in [6.45, 7) is 3.86. The van der Waals surface area contributed by atoms with Crippen LogP contribution >= 0.6 is 0 Å². The van der Waals surface area contributed by atoms with Crippen LogP contribution in [-0.2, 0) is 4.74 Å². The van der Waals surface area contributed by atoms with Gasteiger partial charge in [-0.2, -0.15) is 13.2 Å². The Morgan fingerprint density at radius 1 is 1.24 bits per heavy atom. The summed E-state index contributed by atoms with van der Waals surface area (Å²) >= 11 is 0. The van der Waals surface area contributed by atoms with E-state index in [-0.39, 0.29) is 18.7 Å². The molecule has 5 nitrogen and oxygen atoms in total. The number of halogens is 5. The minimum atomic E-state index is -4.60. The van der Waals surface area contributed by atoms with Gasteiger partial charge in [0, 0.05) is 31.7 Å². The molecule has 1 saturated heterocycles. The number of carbonyl (C=O) groups is 1. The van der Waals surface area contributed by atoms with Crippen LogP contribution < -0.4 is 0 Å². The number of nitrogens with zero attached hydrogens (tertiary/aromatic N) is 2. The first-order valence-corrected chi connectivity index (χ1v) is 9.04. The number of alkyl halides is 3. The Balaban J connectivity index is 2.51. The second-order valence-electron chi connectivity index (χ2n) is 8.14. The van der Waals surface area contributed by atoms with Crippen LogP contribution in [0.15, 0.2) is 18.2 Å². The third kappa shape index (κ3) is 5.16. The Morgan fingerprint density at radius 3 is 2.31 bits per heavy atom. The van der Waals surface area contributed by atoms with Gasteiger partial charge in [0.25, 0.3) is 0 Å². The topological polar surface area (TPSA) is 53.0 Å². The van der Waals surface area contributed by atoms with E-state index in [1.807, 2.05) is 0 Å². The zero-order valence-electron chi connectivity index (χ0n) is 16.6. The highest BCUT2D eigenvalue weighted by Gasteiger charge is 2.51. The van der Waals surface area contributed by atoms with Gasteiger partial charge in [0.2, 0.25) is 0 Å². The summed E-state index contributed by atoms with van der Waals surface area (Å²) < 4.78 is 72.6. The van der Waals surface area contributed by atoms with Gasteiger partial charge in [-0.05, 0) is 38.5 Å². The first kappa shape index (κ1) is 23.3. The lowest BCUT2D eigenvalue weighted by molar-refractivity contribution is -0.192. The smallest absolute Gasteiger partial charge is 0.408 e. The van der Waals surface area contributed by atoms with E-state index in [4.69, 9.17) is 4.74 Å². The maximum Gasteiger partial charge on any atom is 0.408 e. The fourth-order valence-electron chi connectivity index (χ4n) is 3.89. The molecule has 1 aromatic carbocycles. The molecule has 10 heteroatoms. The number of ether oxygens (including phenoxy) is 1. The Kier molecular flexibility index (Phi) is 6.79. The second kappa shape index (κ2) is 8.43. The van der Waals surface area contributed by atoms with E-state index in [2.05, 4.69) is 0 Å². The predicted molar refractivity (Wildman–Crippen MR) is 95.8 cm³/mol. The summed E-state index contributed by atoms with van der Waals surface area (Å²) in [5.74, 6) is -3.00. The van der Waals surface area contributed by atoms with Gasteiger partial charge in [-0.3, -0.25) is 9.80 Å². The molecule has 0 saturated carbocycles. The van der Waals surface area contributed by atoms with E-state index in [1.54, 1.807) is 20.8 Å². The van der Waals surface area contributed by atoms with Crippen molar-refractivity contribution in [1.82, 2.24) is 9.80 Å². The molecule has 1 N–H and O–H groups in total. The summed E-state index contributed by atoms with van der Waals surface area (Å²) in [7, 11) is 1.15. The minimum Gasteiger partial charge on any atom is -0.465 e. The van der Waals surface area contributed by atoms with Gasteiger partial charge in [0.15, 0.2) is 11.6 Å². The van der Waals surface area contributed by atoms with Crippen molar-refractivity contribution in [2.75, 3.05) is 26.8 Å². The first-order valence-electron chi connectivity index (χ1n) is 9.04. The van der Waals surface area contributed by atoms with E-state index in [0.717, 1.165) is 29.0 Å². The SMILES string of the molecule is COC[C@H](N1C[C@@H](N(C(=O)O)C(C)(C)C)[C@H](c2ccc(F)c(F)c2)C1)C(F)(F)F. The van der Waals surface area contributed by atoms with Crippen LogP contribution in [0.5, 0.6) is 0 Å². The minimum absolute atomic E-state index is 0.177. The quantitative estimate of drug-likeness (QED) is 0.724. The van der Waals surface area contributed by atoms with Crippen molar-refractivity contribution in [3.05, 3.63) is 35.4 Å². The fraction of sp³-hybridized carbons (Fsp3) is 0.632. The Morgan fingerprint density at radius 2 is 1.86 bits per heavy atom. The summed E-state index contributed by atoms with van der Waals surface area (Å²) in [6, 6.07) is 0.252. The maximum absolute atomic E-state index is 13.8. The van der Waals surface area contributed by atoms with E-state index < -0.39 is 54.1 Å². The predicted octanol–water partition coefficient (Wildman–Crippen LogP) is 4.09. The van der Waals surface area contributed by atoms with E-state index >= 15 is 0 Å². The average molecular weight is 424 g/mol. The highest BCUT2D eigenvalue weighted by atomic mass is 19.4. The monoisotopic (exact) mass is 424 g/mol. The molecular weight excluding hydrogens is 399 g/mol. The molecule has 2 rings (SSSR count). The molecule has 164 valence electrons. The second-order valence-corrected chi connectivity index (χ2v) is 8.14. The molecule has 1 aliphatic rings. The van der Waals surface area contributed by atoms with Crippen molar-refractivity contribution in [2.24, 2.45) is 0 Å². The van der Waals surface area contributed by atoms with Crippen molar-refractivity contribution in [2.45, 2.75) is 50.5 Å². The van der Waals surface area contributed by atoms with Crippen LogP contribution in [-0.4, -0.2) is 71.6 Å². The molecule has 0 unspecified atom stereocenters. The number of amides is 1. The summed E-state index contributed by atoms with van der Waals surface area (Å²) in [4.78, 5) is 14.1. The highest BCUT2D eigenvalue weighted by Crippen LogP contribution is 2.38. The molecule has 0 bridgehead atoms. The van der Waals surface area contributed by atoms with Crippen LogP contribution in [0.4, 0.5) is 26.7 Å². The average Bonchev–Trinajstić information content (AvgIpc) is 2.96. The zero-order valence-corrected chi connectivity index (χ0v) is 16.6. The summed E-state index contributed by atoms with van der Waals surface area (Å²) in [5.41, 5.74) is -0.677. The number of carboxylic acid groups (broad SMARTS) is 1. The number of likely N-dealkylation sites (tertiary alicyclic amines) is 1. The molecular formula is C19H25F5N2O3. The van der Waals surface area contributed by atoms with Crippen molar-refractivity contribution < 1.29 is 36.6 Å². The lowest BCUT2D eigenvalue weighted by Crippen LogP contribution is -2.54. The molecule has 0 spiro atoms. The third-order valence-corrected chi connectivity index (χ3v) is 5.09. The van der Waals surface area contributed by atoms with Gasteiger partial charge in [0.05, 0.1) is 12.6 Å². The molecule has 29 heavy (non-hydrogen) atoms.